The van der Waals surface area contributed by atoms with Crippen LogP contribution < -0.4 is 9.62 Å². The quantitative estimate of drug-likeness (QED) is 0.337. The van der Waals surface area contributed by atoms with Crippen LogP contribution in [0.4, 0.5) is 5.69 Å². The van der Waals surface area contributed by atoms with E-state index in [4.69, 9.17) is 11.6 Å². The van der Waals surface area contributed by atoms with Crippen molar-refractivity contribution in [3.63, 3.8) is 0 Å². The van der Waals surface area contributed by atoms with Gasteiger partial charge in [0.05, 0.1) is 10.6 Å². The number of aryl methyl sites for hydroxylation is 1. The van der Waals surface area contributed by atoms with E-state index < -0.39 is 10.0 Å². The summed E-state index contributed by atoms with van der Waals surface area (Å²) >= 11 is 8.07. The van der Waals surface area contributed by atoms with Crippen LogP contribution in [-0.2, 0) is 20.6 Å². The van der Waals surface area contributed by atoms with Gasteiger partial charge in [-0.1, -0.05) is 60.1 Å². The Hall–Kier alpha value is -2.48. The Morgan fingerprint density at radius 1 is 0.971 bits per heavy atom. The van der Waals surface area contributed by atoms with Gasteiger partial charge >= 0.3 is 0 Å². The molecule has 1 N–H and O–H groups in total. The Labute approximate surface area is 211 Å². The van der Waals surface area contributed by atoms with Gasteiger partial charge in [-0.2, -0.15) is 11.8 Å². The second-order valence-electron chi connectivity index (χ2n) is 7.89. The first kappa shape index (κ1) is 26.1. The van der Waals surface area contributed by atoms with E-state index in [1.807, 2.05) is 23.9 Å². The summed E-state index contributed by atoms with van der Waals surface area (Å²) in [5, 5.41) is 3.30. The molecule has 0 aliphatic rings. The molecule has 0 heterocycles. The van der Waals surface area contributed by atoms with Crippen molar-refractivity contribution in [1.29, 1.82) is 0 Å². The maximum absolute atomic E-state index is 13.4. The molecule has 0 aliphatic heterocycles. The SMILES string of the molecule is Cc1ccccc1CSCCCNC(=O)CN(c1cccc(Cl)c1C)S(=O)(=O)c1ccccc1. The number of nitrogens with one attached hydrogen (secondary N) is 1. The molecule has 5 nitrogen and oxygen atoms in total. The van der Waals surface area contributed by atoms with Crippen LogP contribution in [0.1, 0.15) is 23.1 Å². The second-order valence-corrected chi connectivity index (χ2v) is 11.3. The first-order chi connectivity index (χ1) is 16.3. The summed E-state index contributed by atoms with van der Waals surface area (Å²) in [5.41, 5.74) is 3.58. The highest BCUT2D eigenvalue weighted by atomic mass is 35.5. The molecule has 0 aromatic heterocycles. The van der Waals surface area contributed by atoms with Gasteiger partial charge in [0.15, 0.2) is 0 Å². The van der Waals surface area contributed by atoms with E-state index in [0.717, 1.165) is 22.2 Å². The van der Waals surface area contributed by atoms with Crippen LogP contribution in [0.3, 0.4) is 0 Å². The number of hydrogen-bond donors (Lipinski definition) is 1. The highest BCUT2D eigenvalue weighted by Crippen LogP contribution is 2.30. The highest BCUT2D eigenvalue weighted by molar-refractivity contribution is 7.98. The first-order valence-corrected chi connectivity index (χ1v) is 14.0. The largest absolute Gasteiger partial charge is 0.354 e. The molecule has 3 aromatic carbocycles. The highest BCUT2D eigenvalue weighted by Gasteiger charge is 2.28. The van der Waals surface area contributed by atoms with Crippen LogP contribution >= 0.6 is 23.4 Å². The minimum atomic E-state index is -3.95. The molecule has 3 rings (SSSR count). The lowest BCUT2D eigenvalue weighted by Gasteiger charge is -2.26. The molecule has 8 heteroatoms. The number of hydrogen-bond acceptors (Lipinski definition) is 4. The van der Waals surface area contributed by atoms with E-state index in [1.165, 1.54) is 23.3 Å². The smallest absolute Gasteiger partial charge is 0.264 e. The first-order valence-electron chi connectivity index (χ1n) is 11.0. The number of amides is 1. The fourth-order valence-electron chi connectivity index (χ4n) is 3.43. The summed E-state index contributed by atoms with van der Waals surface area (Å²) in [6.45, 7) is 4.00. The fraction of sp³-hybridized carbons (Fsp3) is 0.269. The molecule has 3 aromatic rings. The van der Waals surface area contributed by atoms with Crippen LogP contribution in [0, 0.1) is 13.8 Å². The Morgan fingerprint density at radius 2 is 1.68 bits per heavy atom. The van der Waals surface area contributed by atoms with Crippen molar-refractivity contribution >= 4 is 45.0 Å². The molecule has 0 unspecified atom stereocenters. The Balaban J connectivity index is 1.62. The summed E-state index contributed by atoms with van der Waals surface area (Å²) in [6.07, 6.45) is 0.796. The van der Waals surface area contributed by atoms with Gasteiger partial charge in [0, 0.05) is 17.3 Å². The summed E-state index contributed by atoms with van der Waals surface area (Å²) in [4.78, 5) is 12.9. The molecule has 0 spiro atoms. The molecule has 180 valence electrons. The normalized spacial score (nSPS) is 11.3. The van der Waals surface area contributed by atoms with E-state index in [-0.39, 0.29) is 17.3 Å². The van der Waals surface area contributed by atoms with Crippen molar-refractivity contribution in [3.05, 3.63) is 94.5 Å². The molecule has 0 bridgehead atoms. The summed E-state index contributed by atoms with van der Waals surface area (Å²) in [6, 6.07) is 21.5. The topological polar surface area (TPSA) is 66.5 Å². The number of carbonyl (C=O) groups is 1. The molecule has 0 atom stereocenters. The molecule has 34 heavy (non-hydrogen) atoms. The lowest BCUT2D eigenvalue weighted by atomic mass is 10.1. The second kappa shape index (κ2) is 12.3. The van der Waals surface area contributed by atoms with Crippen molar-refractivity contribution in [1.82, 2.24) is 5.32 Å². The minimum absolute atomic E-state index is 0.120. The number of nitrogens with zero attached hydrogens (tertiary/aromatic N) is 1. The average Bonchev–Trinajstić information content (AvgIpc) is 2.83. The van der Waals surface area contributed by atoms with Gasteiger partial charge < -0.3 is 5.32 Å². The Kier molecular flexibility index (Phi) is 9.45. The van der Waals surface area contributed by atoms with Crippen LogP contribution in [0.5, 0.6) is 0 Å². The van der Waals surface area contributed by atoms with Crippen molar-refractivity contribution in [3.8, 4) is 0 Å². The van der Waals surface area contributed by atoms with E-state index in [2.05, 4.69) is 24.4 Å². The lowest BCUT2D eigenvalue weighted by molar-refractivity contribution is -0.119. The third-order valence-corrected chi connectivity index (χ3v) is 8.71. The molecule has 0 aliphatic carbocycles. The summed E-state index contributed by atoms with van der Waals surface area (Å²) < 4.78 is 27.9. The van der Waals surface area contributed by atoms with E-state index in [9.17, 15) is 13.2 Å². The molecular formula is C26H29ClN2O3S2. The predicted octanol–water partition coefficient (Wildman–Crippen LogP) is 5.59. The number of sulfonamides is 1. The maximum atomic E-state index is 13.4. The van der Waals surface area contributed by atoms with E-state index in [1.54, 1.807) is 43.3 Å². The van der Waals surface area contributed by atoms with Gasteiger partial charge in [-0.3, -0.25) is 9.10 Å². The van der Waals surface area contributed by atoms with Crippen molar-refractivity contribution in [2.45, 2.75) is 30.9 Å². The van der Waals surface area contributed by atoms with Crippen LogP contribution in [0.25, 0.3) is 0 Å². The van der Waals surface area contributed by atoms with Crippen LogP contribution in [-0.4, -0.2) is 33.2 Å². The van der Waals surface area contributed by atoms with E-state index >= 15 is 0 Å². The van der Waals surface area contributed by atoms with Crippen molar-refractivity contribution in [2.24, 2.45) is 0 Å². The number of rotatable bonds is 11. The molecule has 0 radical (unpaired) electrons. The van der Waals surface area contributed by atoms with Gasteiger partial charge in [-0.05, 0) is 67.0 Å². The average molecular weight is 517 g/mol. The van der Waals surface area contributed by atoms with Gasteiger partial charge in [0.25, 0.3) is 10.0 Å². The standard InChI is InChI=1S/C26H29ClN2O3S2/c1-20-10-6-7-11-22(20)19-33-17-9-16-28-26(30)18-29(25-15-8-14-24(27)21(25)2)34(31,32)23-12-4-3-5-13-23/h3-8,10-15H,9,16-19H2,1-2H3,(H,28,30). The van der Waals surface area contributed by atoms with Gasteiger partial charge in [0.1, 0.15) is 6.54 Å². The van der Waals surface area contributed by atoms with Gasteiger partial charge in [0.2, 0.25) is 5.91 Å². The lowest BCUT2D eigenvalue weighted by Crippen LogP contribution is -2.41. The summed E-state index contributed by atoms with van der Waals surface area (Å²) in [5.74, 6) is 1.47. The zero-order chi connectivity index (χ0) is 24.6. The fourth-order valence-corrected chi connectivity index (χ4v) is 6.13. The van der Waals surface area contributed by atoms with Crippen molar-refractivity contribution in [2.75, 3.05) is 23.1 Å². The van der Waals surface area contributed by atoms with Gasteiger partial charge in [-0.15, -0.1) is 0 Å². The third kappa shape index (κ3) is 6.78. The monoisotopic (exact) mass is 516 g/mol. The van der Waals surface area contributed by atoms with E-state index in [0.29, 0.717) is 22.8 Å². The van der Waals surface area contributed by atoms with Gasteiger partial charge in [-0.25, -0.2) is 8.42 Å². The zero-order valence-electron chi connectivity index (χ0n) is 19.3. The number of carbonyl (C=O) groups excluding carboxylic acids is 1. The number of benzene rings is 3. The Bertz CT molecular complexity index is 1220. The molecule has 0 saturated heterocycles. The minimum Gasteiger partial charge on any atom is -0.354 e. The third-order valence-electron chi connectivity index (χ3n) is 5.43. The van der Waals surface area contributed by atoms with Crippen LogP contribution in [0.15, 0.2) is 77.7 Å². The summed E-state index contributed by atoms with van der Waals surface area (Å²) in [7, 11) is -3.95. The zero-order valence-corrected chi connectivity index (χ0v) is 21.7. The molecule has 1 amide bonds. The Morgan fingerprint density at radius 3 is 2.41 bits per heavy atom. The number of anilines is 1. The van der Waals surface area contributed by atoms with Crippen LogP contribution in [0.2, 0.25) is 5.02 Å². The molecular weight excluding hydrogens is 488 g/mol. The maximum Gasteiger partial charge on any atom is 0.264 e. The number of halogens is 1. The number of thioether (sulfide) groups is 1. The molecule has 0 fully saturated rings. The predicted molar refractivity (Wildman–Crippen MR) is 142 cm³/mol. The van der Waals surface area contributed by atoms with Crippen molar-refractivity contribution < 1.29 is 13.2 Å². The molecule has 0 saturated carbocycles.